The lowest BCUT2D eigenvalue weighted by Crippen LogP contribution is -2.30. The van der Waals surface area contributed by atoms with Crippen molar-refractivity contribution in [2.75, 3.05) is 13.2 Å². The van der Waals surface area contributed by atoms with Crippen molar-refractivity contribution >= 4 is 17.9 Å². The summed E-state index contributed by atoms with van der Waals surface area (Å²) < 4.78 is 17.0. The number of hydrogen-bond acceptors (Lipinski definition) is 6. The third-order valence-electron chi connectivity index (χ3n) is 15.5. The highest BCUT2D eigenvalue weighted by Crippen LogP contribution is 2.17. The molecule has 0 heterocycles. The van der Waals surface area contributed by atoms with Gasteiger partial charge < -0.3 is 14.2 Å². The fraction of sp³-hybridized carbons (Fsp3) is 0.753. The zero-order valence-corrected chi connectivity index (χ0v) is 54.9. The van der Waals surface area contributed by atoms with Crippen LogP contribution in [0, 0.1) is 0 Å². The second-order valence-corrected chi connectivity index (χ2v) is 23.8. The smallest absolute Gasteiger partial charge is 0.306 e. The Balaban J connectivity index is 4.18. The topological polar surface area (TPSA) is 78.9 Å². The number of allylic oxidation sites excluding steroid dienone is 16. The summed E-state index contributed by atoms with van der Waals surface area (Å²) in [7, 11) is 0. The van der Waals surface area contributed by atoms with E-state index in [2.05, 4.69) is 118 Å². The molecule has 6 heteroatoms. The number of carbonyl (C=O) groups excluding carboxylic acids is 3. The molecule has 0 aromatic rings. The van der Waals surface area contributed by atoms with Gasteiger partial charge in [-0.05, 0) is 116 Å². The molecule has 83 heavy (non-hydrogen) atoms. The van der Waals surface area contributed by atoms with Crippen molar-refractivity contribution in [2.45, 2.75) is 361 Å². The second-order valence-electron chi connectivity index (χ2n) is 23.8. The second kappa shape index (κ2) is 70.8. The number of unbranched alkanes of at least 4 members (excludes halogenated alkanes) is 38. The molecule has 0 radical (unpaired) electrons. The van der Waals surface area contributed by atoms with E-state index in [0.717, 1.165) is 116 Å². The van der Waals surface area contributed by atoms with Crippen LogP contribution >= 0.6 is 0 Å². The summed E-state index contributed by atoms with van der Waals surface area (Å²) in [5, 5.41) is 0. The van der Waals surface area contributed by atoms with Crippen molar-refractivity contribution in [1.82, 2.24) is 0 Å². The van der Waals surface area contributed by atoms with E-state index in [0.29, 0.717) is 19.3 Å². The summed E-state index contributed by atoms with van der Waals surface area (Å²) >= 11 is 0. The summed E-state index contributed by atoms with van der Waals surface area (Å²) in [5.74, 6) is -0.879. The Hall–Kier alpha value is -3.67. The maximum Gasteiger partial charge on any atom is 0.306 e. The van der Waals surface area contributed by atoms with Gasteiger partial charge in [-0.25, -0.2) is 0 Å². The Kier molecular flexibility index (Phi) is 67.7. The minimum Gasteiger partial charge on any atom is -0.462 e. The average Bonchev–Trinajstić information content (AvgIpc) is 3.49. The minimum absolute atomic E-state index is 0.0791. The molecule has 478 valence electrons. The first kappa shape index (κ1) is 79.3. The molecule has 0 saturated carbocycles. The Morgan fingerprint density at radius 2 is 0.494 bits per heavy atom. The van der Waals surface area contributed by atoms with Gasteiger partial charge in [0.05, 0.1) is 0 Å². The highest BCUT2D eigenvalue weighted by atomic mass is 16.6. The van der Waals surface area contributed by atoms with Crippen LogP contribution in [0.15, 0.2) is 97.2 Å². The molecule has 0 bridgehead atoms. The predicted octanol–water partition coefficient (Wildman–Crippen LogP) is 24.8. The van der Waals surface area contributed by atoms with E-state index in [1.807, 2.05) is 0 Å². The summed E-state index contributed by atoms with van der Waals surface area (Å²) in [6.45, 7) is 6.49. The molecule has 1 atom stereocenters. The van der Waals surface area contributed by atoms with E-state index in [9.17, 15) is 14.4 Å². The first-order valence-corrected chi connectivity index (χ1v) is 35.7. The van der Waals surface area contributed by atoms with E-state index >= 15 is 0 Å². The van der Waals surface area contributed by atoms with Crippen molar-refractivity contribution in [2.24, 2.45) is 0 Å². The number of carbonyl (C=O) groups is 3. The average molecular weight is 1160 g/mol. The van der Waals surface area contributed by atoms with Crippen molar-refractivity contribution < 1.29 is 28.6 Å². The van der Waals surface area contributed by atoms with Gasteiger partial charge in [0, 0.05) is 19.3 Å². The third kappa shape index (κ3) is 69.0. The van der Waals surface area contributed by atoms with Crippen LogP contribution in [0.4, 0.5) is 0 Å². The van der Waals surface area contributed by atoms with Gasteiger partial charge in [0.1, 0.15) is 13.2 Å². The highest BCUT2D eigenvalue weighted by Gasteiger charge is 2.19. The number of hydrogen-bond donors (Lipinski definition) is 0. The van der Waals surface area contributed by atoms with Crippen molar-refractivity contribution in [1.29, 1.82) is 0 Å². The van der Waals surface area contributed by atoms with Gasteiger partial charge >= 0.3 is 17.9 Å². The molecule has 0 aliphatic carbocycles. The monoisotopic (exact) mass is 1160 g/mol. The van der Waals surface area contributed by atoms with Gasteiger partial charge in [0.15, 0.2) is 6.10 Å². The number of rotatable bonds is 65. The number of ether oxygens (including phenoxy) is 3. The zero-order chi connectivity index (χ0) is 59.9. The molecular formula is C77H134O6. The molecule has 0 rings (SSSR count). The van der Waals surface area contributed by atoms with Crippen LogP contribution in [-0.4, -0.2) is 37.2 Å². The van der Waals surface area contributed by atoms with Crippen molar-refractivity contribution in [3.05, 3.63) is 97.2 Å². The van der Waals surface area contributed by atoms with Crippen LogP contribution in [0.5, 0.6) is 0 Å². The molecule has 0 spiro atoms. The SMILES string of the molecule is CC/C=C\C/C=C\C/C=C\C/C=C\C/C=C\CCCCCCCCCCCCCCCCCCCC(=O)OCC(COC(=O)CCCCCCC/C=C\C/C=C\CCC)OC(=O)CCCCCCCCCCC/C=C\CCCCCCCC. The van der Waals surface area contributed by atoms with E-state index in [1.54, 1.807) is 0 Å². The minimum atomic E-state index is -0.784. The molecule has 0 aromatic heterocycles. The Morgan fingerprint density at radius 1 is 0.253 bits per heavy atom. The van der Waals surface area contributed by atoms with Gasteiger partial charge in [0.2, 0.25) is 0 Å². The molecule has 0 N–H and O–H groups in total. The van der Waals surface area contributed by atoms with Crippen LogP contribution < -0.4 is 0 Å². The predicted molar refractivity (Wildman–Crippen MR) is 362 cm³/mol. The molecule has 0 fully saturated rings. The molecule has 6 nitrogen and oxygen atoms in total. The molecular weight excluding hydrogens is 1020 g/mol. The molecule has 0 aliphatic rings. The molecule has 0 aromatic carbocycles. The van der Waals surface area contributed by atoms with Crippen molar-refractivity contribution in [3.63, 3.8) is 0 Å². The van der Waals surface area contributed by atoms with E-state index in [1.165, 1.54) is 199 Å². The van der Waals surface area contributed by atoms with Crippen LogP contribution in [0.2, 0.25) is 0 Å². The maximum absolute atomic E-state index is 12.9. The number of esters is 3. The van der Waals surface area contributed by atoms with E-state index < -0.39 is 6.10 Å². The van der Waals surface area contributed by atoms with E-state index in [-0.39, 0.29) is 31.1 Å². The highest BCUT2D eigenvalue weighted by molar-refractivity contribution is 5.71. The van der Waals surface area contributed by atoms with Gasteiger partial charge in [-0.3, -0.25) is 14.4 Å². The van der Waals surface area contributed by atoms with Crippen LogP contribution in [0.3, 0.4) is 0 Å². The quantitative estimate of drug-likeness (QED) is 0.0261. The normalized spacial score (nSPS) is 12.7. The van der Waals surface area contributed by atoms with E-state index in [4.69, 9.17) is 14.2 Å². The van der Waals surface area contributed by atoms with Gasteiger partial charge in [-0.1, -0.05) is 317 Å². The lowest BCUT2D eigenvalue weighted by Gasteiger charge is -2.18. The largest absolute Gasteiger partial charge is 0.462 e. The molecule has 0 saturated heterocycles. The maximum atomic E-state index is 12.9. The van der Waals surface area contributed by atoms with Gasteiger partial charge in [-0.2, -0.15) is 0 Å². The van der Waals surface area contributed by atoms with Crippen LogP contribution in [0.1, 0.15) is 355 Å². The Bertz CT molecular complexity index is 1610. The Labute approximate surface area is 515 Å². The molecule has 1 unspecified atom stereocenters. The van der Waals surface area contributed by atoms with Crippen LogP contribution in [-0.2, 0) is 28.6 Å². The van der Waals surface area contributed by atoms with Gasteiger partial charge in [-0.15, -0.1) is 0 Å². The van der Waals surface area contributed by atoms with Crippen molar-refractivity contribution in [3.8, 4) is 0 Å². The lowest BCUT2D eigenvalue weighted by atomic mass is 10.0. The summed E-state index contributed by atoms with van der Waals surface area (Å²) in [6.07, 6.45) is 95.9. The third-order valence-corrected chi connectivity index (χ3v) is 15.5. The lowest BCUT2D eigenvalue weighted by molar-refractivity contribution is -0.167. The van der Waals surface area contributed by atoms with Crippen LogP contribution in [0.25, 0.3) is 0 Å². The molecule has 0 aliphatic heterocycles. The summed E-state index contributed by atoms with van der Waals surface area (Å²) in [4.78, 5) is 38.4. The first-order valence-electron chi connectivity index (χ1n) is 35.7. The Morgan fingerprint density at radius 3 is 0.795 bits per heavy atom. The molecule has 0 amide bonds. The van der Waals surface area contributed by atoms with Gasteiger partial charge in [0.25, 0.3) is 0 Å². The fourth-order valence-corrected chi connectivity index (χ4v) is 10.2. The standard InChI is InChI=1S/C77H134O6/c1-4-7-10-13-16-19-22-25-27-29-31-32-33-34-35-36-37-38-39-40-41-42-43-44-46-47-49-52-55-58-61-64-67-70-76(79)82-73-74(72-81-75(78)69-66-63-60-57-54-51-24-21-18-15-12-9-6-3)83-77(80)71-68-65-62-59-56-53-50-48-45-30-28-26-23-20-17-14-11-8-5-2/h7,10,12,15-16,19,21,24-28,31-32,34-35,74H,4-6,8-9,11,13-14,17-18,20,22-23,29-30,33,36-73H2,1-3H3/b10-7-,15-12-,19-16-,24-21-,27-25-,28-26-,32-31-,35-34-. The first-order chi connectivity index (χ1) is 41.0. The zero-order valence-electron chi connectivity index (χ0n) is 54.9. The fourth-order valence-electron chi connectivity index (χ4n) is 10.2. The summed E-state index contributed by atoms with van der Waals surface area (Å²) in [6, 6.07) is 0. The summed E-state index contributed by atoms with van der Waals surface area (Å²) in [5.41, 5.74) is 0.